The summed E-state index contributed by atoms with van der Waals surface area (Å²) in [5, 5.41) is 2.99. The van der Waals surface area contributed by atoms with Crippen LogP contribution in [0.1, 0.15) is 37.7 Å². The minimum absolute atomic E-state index is 0.0761. The van der Waals surface area contributed by atoms with Crippen molar-refractivity contribution in [3.63, 3.8) is 0 Å². The smallest absolute Gasteiger partial charge is 0.224 e. The van der Waals surface area contributed by atoms with Gasteiger partial charge in [0.25, 0.3) is 0 Å². The van der Waals surface area contributed by atoms with E-state index in [0.717, 1.165) is 37.2 Å². The first-order chi connectivity index (χ1) is 9.70. The number of halogens is 1. The Kier molecular flexibility index (Phi) is 5.72. The first-order valence-corrected chi connectivity index (χ1v) is 7.95. The van der Waals surface area contributed by atoms with Crippen LogP contribution >= 0.6 is 11.6 Å². The monoisotopic (exact) mass is 294 g/mol. The molecule has 1 N–H and O–H groups in total. The van der Waals surface area contributed by atoms with Gasteiger partial charge < -0.3 is 10.2 Å². The molecule has 0 atom stereocenters. The van der Waals surface area contributed by atoms with E-state index in [0.29, 0.717) is 12.3 Å². The van der Waals surface area contributed by atoms with Crippen molar-refractivity contribution in [2.75, 3.05) is 29.2 Å². The third-order valence-corrected chi connectivity index (χ3v) is 4.01. The fraction of sp³-hybridized carbons (Fsp3) is 0.562. The first kappa shape index (κ1) is 15.2. The second kappa shape index (κ2) is 7.53. The summed E-state index contributed by atoms with van der Waals surface area (Å²) in [4.78, 5) is 14.2. The number of nitrogens with one attached hydrogen (secondary N) is 1. The molecule has 1 fully saturated rings. The number of unbranched alkanes of at least 4 members (excludes halogenated alkanes) is 1. The van der Waals surface area contributed by atoms with E-state index >= 15 is 0 Å². The maximum absolute atomic E-state index is 11.8. The molecule has 0 bridgehead atoms. The van der Waals surface area contributed by atoms with E-state index in [2.05, 4.69) is 22.3 Å². The van der Waals surface area contributed by atoms with Crippen molar-refractivity contribution in [2.24, 2.45) is 0 Å². The van der Waals surface area contributed by atoms with Crippen LogP contribution < -0.4 is 10.2 Å². The van der Waals surface area contributed by atoms with Crippen LogP contribution in [-0.4, -0.2) is 24.9 Å². The fourth-order valence-corrected chi connectivity index (χ4v) is 2.74. The number of hydrogen-bond donors (Lipinski definition) is 1. The summed E-state index contributed by atoms with van der Waals surface area (Å²) in [5.74, 6) is 0.698. The minimum atomic E-state index is 0.0761. The maximum atomic E-state index is 11.8. The number of carbonyl (C=O) groups is 1. The Labute approximate surface area is 126 Å². The van der Waals surface area contributed by atoms with Crippen molar-refractivity contribution in [1.29, 1.82) is 0 Å². The van der Waals surface area contributed by atoms with Gasteiger partial charge in [-0.15, -0.1) is 11.6 Å². The Bertz CT molecular complexity index is 456. The molecule has 0 spiro atoms. The van der Waals surface area contributed by atoms with Gasteiger partial charge in [-0.05, 0) is 56.4 Å². The van der Waals surface area contributed by atoms with Crippen LogP contribution in [0.5, 0.6) is 0 Å². The quantitative estimate of drug-likeness (QED) is 0.636. The lowest BCUT2D eigenvalue weighted by atomic mass is 10.1. The summed E-state index contributed by atoms with van der Waals surface area (Å²) >= 11 is 5.61. The molecule has 20 heavy (non-hydrogen) atoms. The van der Waals surface area contributed by atoms with Crippen LogP contribution in [0.3, 0.4) is 0 Å². The number of hydrogen-bond acceptors (Lipinski definition) is 2. The predicted octanol–water partition coefficient (Wildman–Crippen LogP) is 3.94. The summed E-state index contributed by atoms with van der Waals surface area (Å²) in [6, 6.07) is 6.29. The molecule has 110 valence electrons. The van der Waals surface area contributed by atoms with E-state index in [9.17, 15) is 4.79 Å². The molecule has 0 aliphatic carbocycles. The number of nitrogens with zero attached hydrogens (tertiary/aromatic N) is 1. The van der Waals surface area contributed by atoms with Gasteiger partial charge in [0.1, 0.15) is 0 Å². The second-order valence-corrected chi connectivity index (χ2v) is 5.77. The Balaban J connectivity index is 1.93. The molecule has 0 aromatic heterocycles. The van der Waals surface area contributed by atoms with E-state index in [-0.39, 0.29) is 5.91 Å². The van der Waals surface area contributed by atoms with Crippen LogP contribution in [0, 0.1) is 6.92 Å². The molecule has 1 heterocycles. The summed E-state index contributed by atoms with van der Waals surface area (Å²) in [5.41, 5.74) is 3.31. The molecule has 0 unspecified atom stereocenters. The third-order valence-electron chi connectivity index (χ3n) is 3.74. The number of benzene rings is 1. The maximum Gasteiger partial charge on any atom is 0.224 e. The van der Waals surface area contributed by atoms with Crippen LogP contribution in [0.2, 0.25) is 0 Å². The van der Waals surface area contributed by atoms with Crippen LogP contribution in [0.15, 0.2) is 18.2 Å². The summed E-state index contributed by atoms with van der Waals surface area (Å²) in [6.45, 7) is 4.33. The van der Waals surface area contributed by atoms with Gasteiger partial charge in [0.2, 0.25) is 5.91 Å². The Morgan fingerprint density at radius 3 is 2.70 bits per heavy atom. The largest absolute Gasteiger partial charge is 0.372 e. The lowest BCUT2D eigenvalue weighted by Crippen LogP contribution is -2.18. The van der Waals surface area contributed by atoms with Crippen molar-refractivity contribution < 1.29 is 4.79 Å². The highest BCUT2D eigenvalue weighted by Crippen LogP contribution is 2.25. The summed E-state index contributed by atoms with van der Waals surface area (Å²) in [6.07, 6.45) is 4.83. The van der Waals surface area contributed by atoms with E-state index in [1.54, 1.807) is 0 Å². The molecule has 1 aliphatic heterocycles. The normalized spacial score (nSPS) is 14.6. The van der Waals surface area contributed by atoms with Gasteiger partial charge in [0, 0.05) is 36.8 Å². The van der Waals surface area contributed by atoms with Gasteiger partial charge in [-0.1, -0.05) is 0 Å². The van der Waals surface area contributed by atoms with Gasteiger partial charge in [0.15, 0.2) is 0 Å². The number of amides is 1. The number of rotatable bonds is 6. The summed E-state index contributed by atoms with van der Waals surface area (Å²) < 4.78 is 0. The highest BCUT2D eigenvalue weighted by atomic mass is 35.5. The van der Waals surface area contributed by atoms with Crippen LogP contribution in [0.25, 0.3) is 0 Å². The zero-order valence-corrected chi connectivity index (χ0v) is 12.9. The van der Waals surface area contributed by atoms with E-state index in [1.165, 1.54) is 18.5 Å². The third kappa shape index (κ3) is 4.14. The molecule has 1 aliphatic rings. The zero-order chi connectivity index (χ0) is 14.4. The zero-order valence-electron chi connectivity index (χ0n) is 12.1. The molecule has 1 saturated heterocycles. The highest BCUT2D eigenvalue weighted by Gasteiger charge is 2.13. The van der Waals surface area contributed by atoms with E-state index < -0.39 is 0 Å². The SMILES string of the molecule is Cc1cc(N2CCCC2)ccc1NC(=O)CCCCCl. The molecule has 4 heteroatoms. The molecule has 0 radical (unpaired) electrons. The van der Waals surface area contributed by atoms with Gasteiger partial charge in [-0.3, -0.25) is 4.79 Å². The number of anilines is 2. The van der Waals surface area contributed by atoms with Crippen molar-refractivity contribution >= 4 is 28.9 Å². The lowest BCUT2D eigenvalue weighted by Gasteiger charge is -2.19. The first-order valence-electron chi connectivity index (χ1n) is 7.42. The Morgan fingerprint density at radius 2 is 2.05 bits per heavy atom. The molecular weight excluding hydrogens is 272 g/mol. The fourth-order valence-electron chi connectivity index (χ4n) is 2.55. The predicted molar refractivity (Wildman–Crippen MR) is 85.8 cm³/mol. The van der Waals surface area contributed by atoms with E-state index in [4.69, 9.17) is 11.6 Å². The van der Waals surface area contributed by atoms with Crippen LogP contribution in [0.4, 0.5) is 11.4 Å². The highest BCUT2D eigenvalue weighted by molar-refractivity contribution is 6.17. The average molecular weight is 295 g/mol. The van der Waals surface area contributed by atoms with Gasteiger partial charge in [-0.2, -0.15) is 0 Å². The lowest BCUT2D eigenvalue weighted by molar-refractivity contribution is -0.116. The Morgan fingerprint density at radius 1 is 1.30 bits per heavy atom. The number of alkyl halides is 1. The van der Waals surface area contributed by atoms with Gasteiger partial charge in [-0.25, -0.2) is 0 Å². The number of carbonyl (C=O) groups excluding carboxylic acids is 1. The standard InChI is InChI=1S/C16H23ClN2O/c1-13-12-14(19-10-4-5-11-19)7-8-15(13)18-16(20)6-2-3-9-17/h7-8,12H,2-6,9-11H2,1H3,(H,18,20). The molecule has 3 nitrogen and oxygen atoms in total. The van der Waals surface area contributed by atoms with Crippen molar-refractivity contribution in [3.8, 4) is 0 Å². The molecule has 0 saturated carbocycles. The van der Waals surface area contributed by atoms with Gasteiger partial charge >= 0.3 is 0 Å². The molecule has 1 aromatic rings. The topological polar surface area (TPSA) is 32.3 Å². The van der Waals surface area contributed by atoms with Crippen molar-refractivity contribution in [1.82, 2.24) is 0 Å². The second-order valence-electron chi connectivity index (χ2n) is 5.39. The molecule has 1 amide bonds. The molecular formula is C16H23ClN2O. The Hall–Kier alpha value is -1.22. The molecule has 1 aromatic carbocycles. The van der Waals surface area contributed by atoms with Crippen LogP contribution in [-0.2, 0) is 4.79 Å². The van der Waals surface area contributed by atoms with Crippen molar-refractivity contribution in [2.45, 2.75) is 39.0 Å². The molecule has 2 rings (SSSR count). The summed E-state index contributed by atoms with van der Waals surface area (Å²) in [7, 11) is 0. The number of aryl methyl sites for hydroxylation is 1. The van der Waals surface area contributed by atoms with E-state index in [1.807, 2.05) is 13.0 Å². The average Bonchev–Trinajstić information content (AvgIpc) is 2.95. The minimum Gasteiger partial charge on any atom is -0.372 e. The van der Waals surface area contributed by atoms with Crippen molar-refractivity contribution in [3.05, 3.63) is 23.8 Å². The van der Waals surface area contributed by atoms with Gasteiger partial charge in [0.05, 0.1) is 0 Å².